The van der Waals surface area contributed by atoms with E-state index in [9.17, 15) is 9.59 Å². The Morgan fingerprint density at radius 3 is 2.78 bits per heavy atom. The fourth-order valence-electron chi connectivity index (χ4n) is 1.86. The lowest BCUT2D eigenvalue weighted by molar-refractivity contribution is -0.139. The highest BCUT2D eigenvalue weighted by molar-refractivity contribution is 5.82. The highest BCUT2D eigenvalue weighted by Gasteiger charge is 2.23. The van der Waals surface area contributed by atoms with Crippen molar-refractivity contribution in [2.75, 3.05) is 13.1 Å². The largest absolute Gasteiger partial charge is 0.480 e. The van der Waals surface area contributed by atoms with Crippen molar-refractivity contribution in [2.24, 2.45) is 0 Å². The molecule has 0 radical (unpaired) electrons. The molecule has 2 amide bonds. The number of carboxylic acids is 1. The van der Waals surface area contributed by atoms with Gasteiger partial charge in [0.05, 0.1) is 0 Å². The molecular formula is C13H22N2O3. The van der Waals surface area contributed by atoms with Crippen LogP contribution in [0.25, 0.3) is 0 Å². The Hall–Kier alpha value is -1.52. The summed E-state index contributed by atoms with van der Waals surface area (Å²) in [6.07, 6.45) is 5.08. The van der Waals surface area contributed by atoms with E-state index < -0.39 is 12.0 Å². The molecular weight excluding hydrogens is 232 g/mol. The first-order chi connectivity index (χ1) is 8.54. The quantitative estimate of drug-likeness (QED) is 0.737. The second kappa shape index (κ2) is 7.03. The monoisotopic (exact) mass is 254 g/mol. The van der Waals surface area contributed by atoms with Gasteiger partial charge in [0.1, 0.15) is 6.04 Å². The molecule has 0 spiro atoms. The van der Waals surface area contributed by atoms with Crippen molar-refractivity contribution in [2.45, 2.75) is 45.6 Å². The Balaban J connectivity index is 2.48. The highest BCUT2D eigenvalue weighted by atomic mass is 16.4. The maximum absolute atomic E-state index is 11.9. The smallest absolute Gasteiger partial charge is 0.326 e. The molecule has 1 heterocycles. The second-order valence-electron chi connectivity index (χ2n) is 4.73. The van der Waals surface area contributed by atoms with E-state index in [-0.39, 0.29) is 6.03 Å². The van der Waals surface area contributed by atoms with Gasteiger partial charge in [-0.25, -0.2) is 9.59 Å². The number of nitrogens with zero attached hydrogens (tertiary/aromatic N) is 1. The number of carbonyl (C=O) groups excluding carboxylic acids is 1. The van der Waals surface area contributed by atoms with Gasteiger partial charge in [-0.1, -0.05) is 31.4 Å². The summed E-state index contributed by atoms with van der Waals surface area (Å²) in [6.45, 7) is 5.27. The van der Waals surface area contributed by atoms with Gasteiger partial charge >= 0.3 is 12.0 Å². The molecule has 18 heavy (non-hydrogen) atoms. The van der Waals surface area contributed by atoms with Crippen molar-refractivity contribution in [3.05, 3.63) is 11.6 Å². The SMILES string of the molecule is CCCC[C@H](NC(=O)N1CC=C(C)CC1)C(=O)O. The highest BCUT2D eigenvalue weighted by Crippen LogP contribution is 2.10. The summed E-state index contributed by atoms with van der Waals surface area (Å²) in [7, 11) is 0. The molecule has 2 N–H and O–H groups in total. The zero-order valence-electron chi connectivity index (χ0n) is 11.1. The lowest BCUT2D eigenvalue weighted by atomic mass is 10.1. The first-order valence-electron chi connectivity index (χ1n) is 6.48. The van der Waals surface area contributed by atoms with E-state index in [1.54, 1.807) is 4.90 Å². The zero-order chi connectivity index (χ0) is 13.5. The molecule has 1 rings (SSSR count). The number of carboxylic acid groups (broad SMARTS) is 1. The number of amides is 2. The lowest BCUT2D eigenvalue weighted by Gasteiger charge is -2.27. The molecule has 5 nitrogen and oxygen atoms in total. The minimum absolute atomic E-state index is 0.276. The van der Waals surface area contributed by atoms with Crippen LogP contribution in [0.2, 0.25) is 0 Å². The number of hydrogen-bond acceptors (Lipinski definition) is 2. The van der Waals surface area contributed by atoms with Crippen LogP contribution in [0.4, 0.5) is 4.79 Å². The normalized spacial score (nSPS) is 17.0. The van der Waals surface area contributed by atoms with Crippen LogP contribution in [0.1, 0.15) is 39.5 Å². The third kappa shape index (κ3) is 4.39. The Bertz CT molecular complexity index is 339. The van der Waals surface area contributed by atoms with Crippen LogP contribution in [-0.2, 0) is 4.79 Å². The van der Waals surface area contributed by atoms with Gasteiger partial charge in [0.15, 0.2) is 0 Å². The van der Waals surface area contributed by atoms with Gasteiger partial charge in [0.2, 0.25) is 0 Å². The van der Waals surface area contributed by atoms with Crippen LogP contribution in [0.15, 0.2) is 11.6 Å². The van der Waals surface area contributed by atoms with E-state index in [1.165, 1.54) is 5.57 Å². The number of nitrogens with one attached hydrogen (secondary N) is 1. The number of hydrogen-bond donors (Lipinski definition) is 2. The number of urea groups is 1. The molecule has 0 fully saturated rings. The van der Waals surface area contributed by atoms with Crippen molar-refractivity contribution < 1.29 is 14.7 Å². The summed E-state index contributed by atoms with van der Waals surface area (Å²) in [5, 5.41) is 11.6. The van der Waals surface area contributed by atoms with Crippen LogP contribution >= 0.6 is 0 Å². The van der Waals surface area contributed by atoms with E-state index in [0.717, 1.165) is 19.3 Å². The van der Waals surface area contributed by atoms with Crippen LogP contribution in [-0.4, -0.2) is 41.1 Å². The predicted molar refractivity (Wildman–Crippen MR) is 69.4 cm³/mol. The van der Waals surface area contributed by atoms with E-state index >= 15 is 0 Å². The fraction of sp³-hybridized carbons (Fsp3) is 0.692. The van der Waals surface area contributed by atoms with Gasteiger partial charge in [-0.3, -0.25) is 0 Å². The van der Waals surface area contributed by atoms with E-state index in [1.807, 2.05) is 19.9 Å². The summed E-state index contributed by atoms with van der Waals surface area (Å²) in [4.78, 5) is 24.6. The molecule has 0 bridgehead atoms. The van der Waals surface area contributed by atoms with E-state index in [4.69, 9.17) is 5.11 Å². The molecule has 0 saturated heterocycles. The van der Waals surface area contributed by atoms with Crippen molar-refractivity contribution >= 4 is 12.0 Å². The predicted octanol–water partition coefficient (Wildman–Crippen LogP) is 1.99. The molecule has 0 unspecified atom stereocenters. The summed E-state index contributed by atoms with van der Waals surface area (Å²) < 4.78 is 0. The average molecular weight is 254 g/mol. The van der Waals surface area contributed by atoms with Gasteiger partial charge < -0.3 is 15.3 Å². The molecule has 5 heteroatoms. The first kappa shape index (κ1) is 14.5. The topological polar surface area (TPSA) is 69.6 Å². The van der Waals surface area contributed by atoms with Gasteiger partial charge in [-0.15, -0.1) is 0 Å². The Labute approximate surface area is 108 Å². The zero-order valence-corrected chi connectivity index (χ0v) is 11.1. The number of carbonyl (C=O) groups is 2. The number of rotatable bonds is 5. The maximum atomic E-state index is 11.9. The van der Waals surface area contributed by atoms with Gasteiger partial charge in [-0.2, -0.15) is 0 Å². The molecule has 102 valence electrons. The van der Waals surface area contributed by atoms with E-state index in [2.05, 4.69) is 5.32 Å². The van der Waals surface area contributed by atoms with Crippen LogP contribution in [0.3, 0.4) is 0 Å². The maximum Gasteiger partial charge on any atom is 0.326 e. The fourth-order valence-corrected chi connectivity index (χ4v) is 1.86. The molecule has 0 aromatic heterocycles. The number of aliphatic carboxylic acids is 1. The Kier molecular flexibility index (Phi) is 5.68. The molecule has 1 aliphatic heterocycles. The van der Waals surface area contributed by atoms with Gasteiger partial charge in [0.25, 0.3) is 0 Å². The summed E-state index contributed by atoms with van der Waals surface area (Å²) >= 11 is 0. The van der Waals surface area contributed by atoms with Crippen LogP contribution in [0.5, 0.6) is 0 Å². The third-order valence-corrected chi connectivity index (χ3v) is 3.17. The molecule has 1 aliphatic rings. The molecule has 0 aromatic rings. The second-order valence-corrected chi connectivity index (χ2v) is 4.73. The molecule has 0 saturated carbocycles. The average Bonchev–Trinajstić information content (AvgIpc) is 2.34. The van der Waals surface area contributed by atoms with Crippen molar-refractivity contribution in [1.29, 1.82) is 0 Å². The third-order valence-electron chi connectivity index (χ3n) is 3.17. The minimum atomic E-state index is -0.958. The lowest BCUT2D eigenvalue weighted by Crippen LogP contribution is -2.49. The minimum Gasteiger partial charge on any atom is -0.480 e. The number of unbranched alkanes of at least 4 members (excludes halogenated alkanes) is 1. The summed E-state index contributed by atoms with van der Waals surface area (Å²) in [5.41, 5.74) is 1.28. The summed E-state index contributed by atoms with van der Waals surface area (Å²) in [5.74, 6) is -0.958. The Morgan fingerprint density at radius 2 is 2.28 bits per heavy atom. The standard InChI is InChI=1S/C13H22N2O3/c1-3-4-5-11(12(16)17)14-13(18)15-8-6-10(2)7-9-15/h6,11H,3-5,7-9H2,1-2H3,(H,14,18)(H,16,17)/t11-/m0/s1. The van der Waals surface area contributed by atoms with E-state index in [0.29, 0.717) is 19.5 Å². The molecule has 0 aromatic carbocycles. The Morgan fingerprint density at radius 1 is 1.56 bits per heavy atom. The molecule has 0 aliphatic carbocycles. The van der Waals surface area contributed by atoms with Crippen LogP contribution in [0, 0.1) is 0 Å². The first-order valence-corrected chi connectivity index (χ1v) is 6.48. The van der Waals surface area contributed by atoms with Gasteiger partial charge in [-0.05, 0) is 19.8 Å². The van der Waals surface area contributed by atoms with Gasteiger partial charge in [0, 0.05) is 13.1 Å². The van der Waals surface area contributed by atoms with Crippen LogP contribution < -0.4 is 5.32 Å². The van der Waals surface area contributed by atoms with Crippen molar-refractivity contribution in [3.63, 3.8) is 0 Å². The van der Waals surface area contributed by atoms with Crippen molar-refractivity contribution in [1.82, 2.24) is 10.2 Å². The molecule has 1 atom stereocenters. The van der Waals surface area contributed by atoms with Crippen molar-refractivity contribution in [3.8, 4) is 0 Å². The summed E-state index contributed by atoms with van der Waals surface area (Å²) in [6, 6.07) is -1.05.